The highest BCUT2D eigenvalue weighted by Crippen LogP contribution is 2.14. The molecular weight excluding hydrogens is 484 g/mol. The molecule has 0 aromatic carbocycles. The third-order valence-corrected chi connectivity index (χ3v) is 7.86. The summed E-state index contributed by atoms with van der Waals surface area (Å²) in [5.41, 5.74) is 0. The number of allylic oxidation sites excluding steroid dienone is 1. The van der Waals surface area contributed by atoms with Crippen LogP contribution in [0.2, 0.25) is 0 Å². The number of hydrogen-bond acceptors (Lipinski definition) is 3. The third kappa shape index (κ3) is 28.5. The van der Waals surface area contributed by atoms with E-state index < -0.39 is 18.7 Å². The summed E-state index contributed by atoms with van der Waals surface area (Å²) in [7, 11) is 0. The van der Waals surface area contributed by atoms with Crippen LogP contribution < -0.4 is 5.32 Å². The van der Waals surface area contributed by atoms with E-state index >= 15 is 0 Å². The average Bonchev–Trinajstić information content (AvgIpc) is 2.93. The minimum absolute atomic E-state index is 0.291. The van der Waals surface area contributed by atoms with E-state index in [1.807, 2.05) is 6.08 Å². The fourth-order valence-electron chi connectivity index (χ4n) is 5.19. The maximum absolute atomic E-state index is 12.4. The fourth-order valence-corrected chi connectivity index (χ4v) is 5.19. The van der Waals surface area contributed by atoms with Gasteiger partial charge in [0.1, 0.15) is 0 Å². The van der Waals surface area contributed by atoms with Gasteiger partial charge in [0.2, 0.25) is 5.91 Å². The van der Waals surface area contributed by atoms with Crippen molar-refractivity contribution in [1.82, 2.24) is 5.32 Å². The van der Waals surface area contributed by atoms with Gasteiger partial charge in [-0.3, -0.25) is 4.79 Å². The Balaban J connectivity index is 3.88. The standard InChI is InChI=1S/C35H69NO3/c1-3-5-7-9-11-13-15-17-19-21-23-25-27-29-31-35(39)36-33(32-37)34(38)30-28-26-24-22-20-18-16-14-12-10-8-6-4-2/h28,30,33-34,37-38H,3-27,29,31-32H2,1-2H3,(H,36,39)/b30-28+/t33-,34+/m1/s1/i32+1D2,33+1. The molecule has 0 saturated heterocycles. The quantitative estimate of drug-likeness (QED) is 0.0453. The van der Waals surface area contributed by atoms with Crippen molar-refractivity contribution in [2.45, 2.75) is 199 Å². The predicted octanol–water partition coefficient (Wildman–Crippen LogP) is 9.95. The van der Waals surface area contributed by atoms with Gasteiger partial charge in [-0.15, -0.1) is 0 Å². The maximum Gasteiger partial charge on any atom is 0.220 e. The Labute approximate surface area is 247 Å². The summed E-state index contributed by atoms with van der Waals surface area (Å²) in [4.78, 5) is 12.4. The first-order chi connectivity index (χ1) is 19.8. The van der Waals surface area contributed by atoms with Gasteiger partial charge >= 0.3 is 0 Å². The summed E-state index contributed by atoms with van der Waals surface area (Å²) in [5, 5.41) is 22.9. The Hall–Kier alpha value is -0.870. The minimum atomic E-state index is -2.69. The van der Waals surface area contributed by atoms with Crippen molar-refractivity contribution < 1.29 is 17.7 Å². The minimum Gasteiger partial charge on any atom is -0.394 e. The lowest BCUT2D eigenvalue weighted by Crippen LogP contribution is -2.45. The molecule has 0 spiro atoms. The van der Waals surface area contributed by atoms with E-state index in [1.165, 1.54) is 134 Å². The van der Waals surface area contributed by atoms with Gasteiger partial charge in [0, 0.05) is 6.42 Å². The second-order valence-corrected chi connectivity index (χ2v) is 11.8. The molecule has 0 radical (unpaired) electrons. The van der Waals surface area contributed by atoms with E-state index in [0.717, 1.165) is 38.5 Å². The van der Waals surface area contributed by atoms with Gasteiger partial charge in [-0.1, -0.05) is 174 Å². The second-order valence-electron chi connectivity index (χ2n) is 11.8. The van der Waals surface area contributed by atoms with E-state index in [0.29, 0.717) is 6.42 Å². The van der Waals surface area contributed by atoms with Crippen LogP contribution in [0, 0.1) is 0 Å². The van der Waals surface area contributed by atoms with Crippen LogP contribution in [-0.4, -0.2) is 34.8 Å². The van der Waals surface area contributed by atoms with Crippen LogP contribution in [0.1, 0.15) is 190 Å². The van der Waals surface area contributed by atoms with Gasteiger partial charge in [-0.25, -0.2) is 0 Å². The Morgan fingerprint density at radius 3 is 1.38 bits per heavy atom. The molecule has 2 atom stereocenters. The fraction of sp³-hybridized carbons (Fsp3) is 0.914. The summed E-state index contributed by atoms with van der Waals surface area (Å²) in [6.07, 6.45) is 34.8. The second kappa shape index (κ2) is 31.7. The Bertz CT molecular complexity index is 594. The van der Waals surface area contributed by atoms with Crippen molar-refractivity contribution >= 4 is 5.91 Å². The molecule has 0 aromatic rings. The molecule has 0 heterocycles. The van der Waals surface area contributed by atoms with E-state index in [2.05, 4.69) is 19.2 Å². The highest BCUT2D eigenvalue weighted by Gasteiger charge is 2.17. The highest BCUT2D eigenvalue weighted by atomic mass is 16.4. The SMILES string of the molecule is [2H][13C]([2H])(O)[13C@@H](NC(=O)CCCCCCCCCCCCCCCC)[C@@H](O)/C=C/CCCCCCCCCCCCC. The lowest BCUT2D eigenvalue weighted by atomic mass is 10.0. The van der Waals surface area contributed by atoms with Crippen LogP contribution in [-0.2, 0) is 4.79 Å². The highest BCUT2D eigenvalue weighted by molar-refractivity contribution is 5.76. The summed E-state index contributed by atoms with van der Waals surface area (Å²) >= 11 is 0. The molecule has 0 unspecified atom stereocenters. The van der Waals surface area contributed by atoms with E-state index in [4.69, 9.17) is 2.74 Å². The first-order valence-corrected chi connectivity index (χ1v) is 17.2. The summed E-state index contributed by atoms with van der Waals surface area (Å²) in [5.74, 6) is -0.315. The molecule has 232 valence electrons. The van der Waals surface area contributed by atoms with Crippen LogP contribution in [0.3, 0.4) is 0 Å². The van der Waals surface area contributed by atoms with Crippen molar-refractivity contribution in [2.24, 2.45) is 0 Å². The van der Waals surface area contributed by atoms with Gasteiger partial charge in [0.25, 0.3) is 0 Å². The summed E-state index contributed by atoms with van der Waals surface area (Å²) < 4.78 is 15.4. The lowest BCUT2D eigenvalue weighted by molar-refractivity contribution is -0.123. The molecule has 1 amide bonds. The molecule has 0 aliphatic rings. The van der Waals surface area contributed by atoms with Crippen molar-refractivity contribution in [2.75, 3.05) is 6.56 Å². The van der Waals surface area contributed by atoms with Crippen LogP contribution in [0.4, 0.5) is 0 Å². The van der Waals surface area contributed by atoms with Crippen LogP contribution in [0.25, 0.3) is 0 Å². The van der Waals surface area contributed by atoms with Crippen molar-refractivity contribution in [3.05, 3.63) is 12.2 Å². The summed E-state index contributed by atoms with van der Waals surface area (Å²) in [6, 6.07) is -1.37. The average molecular weight is 556 g/mol. The smallest absolute Gasteiger partial charge is 0.220 e. The van der Waals surface area contributed by atoms with Crippen molar-refractivity contribution in [3.63, 3.8) is 0 Å². The number of hydrogen-bond donors (Lipinski definition) is 3. The van der Waals surface area contributed by atoms with Crippen molar-refractivity contribution in [3.8, 4) is 0 Å². The van der Waals surface area contributed by atoms with Gasteiger partial charge in [0.15, 0.2) is 0 Å². The molecule has 3 N–H and O–H groups in total. The predicted molar refractivity (Wildman–Crippen MR) is 170 cm³/mol. The van der Waals surface area contributed by atoms with Crippen molar-refractivity contribution in [1.29, 1.82) is 0 Å². The topological polar surface area (TPSA) is 69.6 Å². The van der Waals surface area contributed by atoms with Crippen LogP contribution in [0.15, 0.2) is 12.2 Å². The molecule has 0 saturated carbocycles. The Morgan fingerprint density at radius 2 is 1.00 bits per heavy atom. The molecule has 4 heteroatoms. The number of aliphatic hydroxyl groups excluding tert-OH is 1. The number of aliphatic hydroxyl groups is 2. The zero-order valence-electron chi connectivity index (χ0n) is 28.2. The molecule has 0 bridgehead atoms. The third-order valence-electron chi connectivity index (χ3n) is 7.86. The zero-order chi connectivity index (χ0) is 30.4. The van der Waals surface area contributed by atoms with E-state index in [1.54, 1.807) is 0 Å². The Morgan fingerprint density at radius 1 is 0.641 bits per heavy atom. The monoisotopic (exact) mass is 556 g/mol. The zero-order valence-corrected chi connectivity index (χ0v) is 26.2. The molecule has 0 rings (SSSR count). The number of carbonyl (C=O) groups is 1. The number of unbranched alkanes of at least 4 members (excludes halogenated alkanes) is 24. The molecule has 0 fully saturated rings. The van der Waals surface area contributed by atoms with Crippen LogP contribution >= 0.6 is 0 Å². The van der Waals surface area contributed by atoms with Crippen LogP contribution in [0.5, 0.6) is 0 Å². The molecule has 4 nitrogen and oxygen atoms in total. The largest absolute Gasteiger partial charge is 0.394 e. The molecular formula is C35H69NO3. The van der Waals surface area contributed by atoms with E-state index in [-0.39, 0.29) is 5.91 Å². The summed E-state index contributed by atoms with van der Waals surface area (Å²) in [6.45, 7) is 1.82. The number of rotatable bonds is 31. The number of carbonyl (C=O) groups excluding carboxylic acids is 1. The molecule has 39 heavy (non-hydrogen) atoms. The van der Waals surface area contributed by atoms with Gasteiger partial charge < -0.3 is 15.5 Å². The number of nitrogens with one attached hydrogen (secondary N) is 1. The van der Waals surface area contributed by atoms with Gasteiger partial charge in [-0.2, -0.15) is 0 Å². The van der Waals surface area contributed by atoms with Gasteiger partial charge in [-0.05, 0) is 19.3 Å². The Kier molecular flexibility index (Phi) is 27.9. The molecule has 0 aliphatic heterocycles. The van der Waals surface area contributed by atoms with Gasteiger partial charge in [0.05, 0.1) is 21.4 Å². The normalized spacial score (nSPS) is 14.4. The first-order valence-electron chi connectivity index (χ1n) is 18.2. The lowest BCUT2D eigenvalue weighted by Gasteiger charge is -2.20. The maximum atomic E-state index is 12.4. The number of amides is 1. The molecule has 0 aliphatic carbocycles. The molecule has 0 aromatic heterocycles. The van der Waals surface area contributed by atoms with E-state index in [9.17, 15) is 15.0 Å². The first kappa shape index (κ1) is 34.3.